The molecule has 1 aliphatic heterocycles. The summed E-state index contributed by atoms with van der Waals surface area (Å²) in [5.41, 5.74) is 0. The highest BCUT2D eigenvalue weighted by Gasteiger charge is 2.12. The molecule has 0 aromatic heterocycles. The summed E-state index contributed by atoms with van der Waals surface area (Å²) in [4.78, 5) is 0. The van der Waals surface area contributed by atoms with E-state index >= 15 is 0 Å². The average molecular weight is 160 g/mol. The fourth-order valence-corrected chi connectivity index (χ4v) is 3.54. The van der Waals surface area contributed by atoms with Crippen molar-refractivity contribution in [3.05, 3.63) is 10.3 Å². The van der Waals surface area contributed by atoms with Crippen LogP contribution < -0.4 is 0 Å². The zero-order chi connectivity index (χ0) is 6.69. The second kappa shape index (κ2) is 3.57. The summed E-state index contributed by atoms with van der Waals surface area (Å²) in [5.74, 6) is 1.31. The molecule has 0 bridgehead atoms. The van der Waals surface area contributed by atoms with Gasteiger partial charge < -0.3 is 0 Å². The summed E-state index contributed by atoms with van der Waals surface area (Å²) >= 11 is 4.00. The van der Waals surface area contributed by atoms with Crippen LogP contribution in [-0.2, 0) is 0 Å². The highest BCUT2D eigenvalue weighted by Crippen LogP contribution is 2.38. The Morgan fingerprint density at radius 1 is 1.67 bits per heavy atom. The molecule has 0 N–H and O–H groups in total. The van der Waals surface area contributed by atoms with Gasteiger partial charge in [0.15, 0.2) is 0 Å². The maximum Gasteiger partial charge on any atom is 0.0360 e. The second-order valence-electron chi connectivity index (χ2n) is 2.17. The lowest BCUT2D eigenvalue weighted by atomic mass is 10.4. The maximum absolute atomic E-state index is 2.30. The van der Waals surface area contributed by atoms with Crippen LogP contribution in [0.15, 0.2) is 10.3 Å². The molecule has 1 saturated heterocycles. The zero-order valence-corrected chi connectivity index (χ0v) is 7.52. The molecular formula is C7H12S2. The van der Waals surface area contributed by atoms with Gasteiger partial charge in [-0.15, -0.1) is 23.5 Å². The van der Waals surface area contributed by atoms with Gasteiger partial charge in [-0.3, -0.25) is 0 Å². The van der Waals surface area contributed by atoms with Crippen LogP contribution in [-0.4, -0.2) is 11.0 Å². The Morgan fingerprint density at radius 3 is 2.89 bits per heavy atom. The Labute approximate surface area is 65.5 Å². The van der Waals surface area contributed by atoms with E-state index in [0.717, 1.165) is 5.25 Å². The van der Waals surface area contributed by atoms with E-state index in [0.29, 0.717) is 0 Å². The summed E-state index contributed by atoms with van der Waals surface area (Å²) in [7, 11) is 0. The molecule has 0 amide bonds. The molecule has 0 aromatic rings. The SMILES string of the molecule is C/C=C1\SCCC(C)S1. The third kappa shape index (κ3) is 2.26. The van der Waals surface area contributed by atoms with E-state index in [4.69, 9.17) is 0 Å². The first-order valence-electron chi connectivity index (χ1n) is 3.28. The molecule has 0 saturated carbocycles. The molecule has 1 aliphatic rings. The van der Waals surface area contributed by atoms with E-state index in [-0.39, 0.29) is 0 Å². The molecule has 9 heavy (non-hydrogen) atoms. The van der Waals surface area contributed by atoms with E-state index in [9.17, 15) is 0 Å². The number of rotatable bonds is 0. The monoisotopic (exact) mass is 160 g/mol. The molecule has 1 atom stereocenters. The summed E-state index contributed by atoms with van der Waals surface area (Å²) < 4.78 is 1.51. The van der Waals surface area contributed by atoms with Crippen molar-refractivity contribution in [3.8, 4) is 0 Å². The third-order valence-electron chi connectivity index (χ3n) is 1.32. The van der Waals surface area contributed by atoms with Crippen molar-refractivity contribution in [2.45, 2.75) is 25.5 Å². The van der Waals surface area contributed by atoms with Gasteiger partial charge in [0.05, 0.1) is 0 Å². The molecule has 0 radical (unpaired) electrons. The normalized spacial score (nSPS) is 33.1. The lowest BCUT2D eigenvalue weighted by Gasteiger charge is -2.18. The van der Waals surface area contributed by atoms with Gasteiger partial charge in [0, 0.05) is 9.49 Å². The van der Waals surface area contributed by atoms with E-state index < -0.39 is 0 Å². The Kier molecular flexibility index (Phi) is 2.99. The first-order valence-corrected chi connectivity index (χ1v) is 5.15. The van der Waals surface area contributed by atoms with Crippen molar-refractivity contribution >= 4 is 23.5 Å². The molecule has 0 aromatic carbocycles. The lowest BCUT2D eigenvalue weighted by Crippen LogP contribution is -2.02. The molecule has 52 valence electrons. The van der Waals surface area contributed by atoms with Crippen molar-refractivity contribution < 1.29 is 0 Å². The van der Waals surface area contributed by atoms with Gasteiger partial charge >= 0.3 is 0 Å². The number of hydrogen-bond acceptors (Lipinski definition) is 2. The molecule has 0 spiro atoms. The highest BCUT2D eigenvalue weighted by atomic mass is 32.2. The van der Waals surface area contributed by atoms with Gasteiger partial charge in [-0.1, -0.05) is 13.0 Å². The third-order valence-corrected chi connectivity index (χ3v) is 4.03. The zero-order valence-electron chi connectivity index (χ0n) is 5.89. The number of hydrogen-bond donors (Lipinski definition) is 0. The van der Waals surface area contributed by atoms with Crippen LogP contribution in [0.4, 0.5) is 0 Å². The summed E-state index contributed by atoms with van der Waals surface area (Å²) in [5, 5.41) is 0.845. The van der Waals surface area contributed by atoms with Crippen LogP contribution in [0.5, 0.6) is 0 Å². The average Bonchev–Trinajstić information content (AvgIpc) is 1.88. The standard InChI is InChI=1S/C7H12S2/c1-3-7-8-5-4-6(2)9-7/h3,6H,4-5H2,1-2H3/b7-3+. The molecule has 1 rings (SSSR count). The van der Waals surface area contributed by atoms with Crippen LogP contribution in [0.25, 0.3) is 0 Å². The predicted octanol–water partition coefficient (Wildman–Crippen LogP) is 3.11. The van der Waals surface area contributed by atoms with Crippen molar-refractivity contribution in [1.82, 2.24) is 0 Å². The van der Waals surface area contributed by atoms with Gasteiger partial charge in [-0.05, 0) is 19.1 Å². The maximum atomic E-state index is 2.30. The first-order chi connectivity index (χ1) is 4.33. The molecule has 0 nitrogen and oxygen atoms in total. The van der Waals surface area contributed by atoms with Gasteiger partial charge in [0.1, 0.15) is 0 Å². The van der Waals surface area contributed by atoms with Gasteiger partial charge in [0.25, 0.3) is 0 Å². The number of allylic oxidation sites excluding steroid dienone is 1. The fraction of sp³-hybridized carbons (Fsp3) is 0.714. The summed E-state index contributed by atoms with van der Waals surface area (Å²) in [6.45, 7) is 4.42. The molecule has 1 unspecified atom stereocenters. The van der Waals surface area contributed by atoms with E-state index in [1.54, 1.807) is 0 Å². The minimum atomic E-state index is 0.845. The van der Waals surface area contributed by atoms with Crippen LogP contribution in [0.3, 0.4) is 0 Å². The highest BCUT2D eigenvalue weighted by molar-refractivity contribution is 8.23. The van der Waals surface area contributed by atoms with E-state index in [2.05, 4.69) is 19.9 Å². The van der Waals surface area contributed by atoms with Gasteiger partial charge in [-0.25, -0.2) is 0 Å². The molecule has 1 fully saturated rings. The second-order valence-corrected chi connectivity index (χ2v) is 5.05. The minimum Gasteiger partial charge on any atom is -0.120 e. The van der Waals surface area contributed by atoms with Crippen molar-refractivity contribution in [2.75, 3.05) is 5.75 Å². The lowest BCUT2D eigenvalue weighted by molar-refractivity contribution is 0.917. The quantitative estimate of drug-likeness (QED) is 0.534. The molecule has 1 heterocycles. The Hall–Kier alpha value is 0.440. The Bertz CT molecular complexity index is 118. The van der Waals surface area contributed by atoms with Crippen LogP contribution in [0.2, 0.25) is 0 Å². The first kappa shape index (κ1) is 7.55. The fourth-order valence-electron chi connectivity index (χ4n) is 0.768. The van der Waals surface area contributed by atoms with Crippen molar-refractivity contribution in [2.24, 2.45) is 0 Å². The molecule has 2 heteroatoms. The Balaban J connectivity index is 2.41. The van der Waals surface area contributed by atoms with E-state index in [1.165, 1.54) is 16.4 Å². The van der Waals surface area contributed by atoms with Crippen LogP contribution in [0.1, 0.15) is 20.3 Å². The Morgan fingerprint density at radius 2 is 2.44 bits per heavy atom. The van der Waals surface area contributed by atoms with Crippen LogP contribution >= 0.6 is 23.5 Å². The topological polar surface area (TPSA) is 0 Å². The molecular weight excluding hydrogens is 148 g/mol. The van der Waals surface area contributed by atoms with Gasteiger partial charge in [0.2, 0.25) is 0 Å². The summed E-state index contributed by atoms with van der Waals surface area (Å²) in [6, 6.07) is 0. The van der Waals surface area contributed by atoms with Gasteiger partial charge in [-0.2, -0.15) is 0 Å². The van der Waals surface area contributed by atoms with Crippen LogP contribution in [0, 0.1) is 0 Å². The molecule has 0 aliphatic carbocycles. The predicted molar refractivity (Wildman–Crippen MR) is 47.9 cm³/mol. The van der Waals surface area contributed by atoms with E-state index in [1.807, 2.05) is 23.5 Å². The summed E-state index contributed by atoms with van der Waals surface area (Å²) in [6.07, 6.45) is 3.58. The minimum absolute atomic E-state index is 0.845. The largest absolute Gasteiger partial charge is 0.120 e. The smallest absolute Gasteiger partial charge is 0.0360 e. The van der Waals surface area contributed by atoms with Crippen molar-refractivity contribution in [1.29, 1.82) is 0 Å². The number of thioether (sulfide) groups is 2. The van der Waals surface area contributed by atoms with Crippen molar-refractivity contribution in [3.63, 3.8) is 0 Å².